The molecule has 0 bridgehead atoms. The van der Waals surface area contributed by atoms with Gasteiger partial charge in [0, 0.05) is 44.1 Å². The van der Waals surface area contributed by atoms with Crippen LogP contribution in [0.5, 0.6) is 5.75 Å². The number of carbonyl (C=O) groups is 2. The van der Waals surface area contributed by atoms with Crippen molar-refractivity contribution in [3.8, 4) is 5.75 Å². The third-order valence-electron chi connectivity index (χ3n) is 6.40. The number of rotatable bonds is 5. The summed E-state index contributed by atoms with van der Waals surface area (Å²) in [6.07, 6.45) is 3.46. The van der Waals surface area contributed by atoms with Crippen LogP contribution in [0.2, 0.25) is 0 Å². The number of piperidine rings is 1. The van der Waals surface area contributed by atoms with Crippen LogP contribution < -0.4 is 15.4 Å². The van der Waals surface area contributed by atoms with Crippen LogP contribution in [0, 0.1) is 0 Å². The molecule has 0 saturated carbocycles. The molecule has 2 aromatic rings. The summed E-state index contributed by atoms with van der Waals surface area (Å²) < 4.78 is 6.49. The third kappa shape index (κ3) is 5.07. The van der Waals surface area contributed by atoms with Gasteiger partial charge in [-0.15, -0.1) is 0 Å². The molecule has 0 radical (unpaired) electrons. The van der Waals surface area contributed by atoms with E-state index in [4.69, 9.17) is 4.74 Å². The fraction of sp³-hybridized carbons (Fsp3) is 0.440. The lowest BCUT2D eigenvalue weighted by Gasteiger charge is -2.46. The number of amides is 2. The summed E-state index contributed by atoms with van der Waals surface area (Å²) >= 11 is 0. The molecule has 1 atom stereocenters. The Morgan fingerprint density at radius 3 is 2.52 bits per heavy atom. The summed E-state index contributed by atoms with van der Waals surface area (Å²) in [5.74, 6) is 0.783. The van der Waals surface area contributed by atoms with Crippen molar-refractivity contribution in [2.75, 3.05) is 26.7 Å². The first-order chi connectivity index (χ1) is 14.9. The van der Waals surface area contributed by atoms with Crippen molar-refractivity contribution in [2.24, 2.45) is 0 Å². The molecule has 6 heteroatoms. The number of para-hydroxylation sites is 1. The highest BCUT2D eigenvalue weighted by Gasteiger charge is 2.43. The van der Waals surface area contributed by atoms with Crippen LogP contribution in [0.1, 0.15) is 53.7 Å². The summed E-state index contributed by atoms with van der Waals surface area (Å²) in [4.78, 5) is 26.4. The Morgan fingerprint density at radius 2 is 1.81 bits per heavy atom. The number of fused-ring (bicyclic) bond motifs is 1. The number of nitrogens with one attached hydrogen (secondary N) is 2. The van der Waals surface area contributed by atoms with E-state index in [1.807, 2.05) is 48.5 Å². The molecule has 0 aliphatic carbocycles. The Balaban J connectivity index is 1.46. The maximum atomic E-state index is 13.0. The first-order valence-corrected chi connectivity index (χ1v) is 11.0. The summed E-state index contributed by atoms with van der Waals surface area (Å²) in [5, 5.41) is 6.06. The van der Waals surface area contributed by atoms with Crippen LogP contribution in [-0.2, 0) is 11.2 Å². The van der Waals surface area contributed by atoms with Gasteiger partial charge in [0.1, 0.15) is 11.4 Å². The second kappa shape index (κ2) is 9.10. The van der Waals surface area contributed by atoms with E-state index in [1.54, 1.807) is 0 Å². The minimum absolute atomic E-state index is 0.0323. The number of carbonyl (C=O) groups excluding carboxylic acids is 2. The predicted molar refractivity (Wildman–Crippen MR) is 120 cm³/mol. The van der Waals surface area contributed by atoms with Gasteiger partial charge in [-0.3, -0.25) is 9.59 Å². The fourth-order valence-electron chi connectivity index (χ4n) is 4.53. The summed E-state index contributed by atoms with van der Waals surface area (Å²) in [7, 11) is 2.14. The molecule has 4 rings (SSSR count). The van der Waals surface area contributed by atoms with E-state index < -0.39 is 0 Å². The van der Waals surface area contributed by atoms with Crippen LogP contribution >= 0.6 is 0 Å². The van der Waals surface area contributed by atoms with Gasteiger partial charge in [0.15, 0.2) is 0 Å². The number of hydrogen-bond donors (Lipinski definition) is 2. The lowest BCUT2D eigenvalue weighted by Crippen LogP contribution is -2.51. The molecule has 1 saturated heterocycles. The Bertz CT molecular complexity index is 933. The molecule has 2 aliphatic heterocycles. The molecule has 1 fully saturated rings. The molecule has 2 aromatic carbocycles. The van der Waals surface area contributed by atoms with Crippen molar-refractivity contribution in [2.45, 2.75) is 44.2 Å². The molecule has 2 amide bonds. The molecule has 2 N–H and O–H groups in total. The number of likely N-dealkylation sites (tertiary alicyclic amines) is 1. The minimum atomic E-state index is -0.216. The van der Waals surface area contributed by atoms with Crippen molar-refractivity contribution in [1.82, 2.24) is 15.5 Å². The highest BCUT2D eigenvalue weighted by atomic mass is 16.5. The monoisotopic (exact) mass is 421 g/mol. The normalized spacial score (nSPS) is 19.9. The predicted octanol–water partition coefficient (Wildman–Crippen LogP) is 3.08. The minimum Gasteiger partial charge on any atom is -0.487 e. The highest BCUT2D eigenvalue weighted by Crippen LogP contribution is 2.44. The number of nitrogens with zero attached hydrogens (tertiary/aromatic N) is 1. The summed E-state index contributed by atoms with van der Waals surface area (Å²) in [6, 6.07) is 15.6. The van der Waals surface area contributed by atoms with E-state index >= 15 is 0 Å². The largest absolute Gasteiger partial charge is 0.487 e. The van der Waals surface area contributed by atoms with Gasteiger partial charge >= 0.3 is 0 Å². The van der Waals surface area contributed by atoms with Crippen LogP contribution in [0.3, 0.4) is 0 Å². The maximum Gasteiger partial charge on any atom is 0.251 e. The van der Waals surface area contributed by atoms with Crippen molar-refractivity contribution in [3.05, 3.63) is 65.2 Å². The molecule has 2 heterocycles. The molecule has 6 nitrogen and oxygen atoms in total. The van der Waals surface area contributed by atoms with Gasteiger partial charge in [-0.1, -0.05) is 30.3 Å². The van der Waals surface area contributed by atoms with Gasteiger partial charge < -0.3 is 20.3 Å². The number of benzene rings is 2. The van der Waals surface area contributed by atoms with Crippen molar-refractivity contribution < 1.29 is 14.3 Å². The quantitative estimate of drug-likeness (QED) is 0.778. The van der Waals surface area contributed by atoms with Crippen molar-refractivity contribution in [3.63, 3.8) is 0 Å². The smallest absolute Gasteiger partial charge is 0.251 e. The standard InChI is InChI=1S/C25H31N3O3/c1-18(29)26-14-11-19-7-9-20(10-8-19)24(30)27-22-17-25(12-15-28(2)16-13-25)31-23-6-4-3-5-21(22)23/h3-10,22H,11-17H2,1-2H3,(H,26,29)(H,27,30)/t22-/m1/s1. The van der Waals surface area contributed by atoms with E-state index in [1.165, 1.54) is 6.92 Å². The lowest BCUT2D eigenvalue weighted by atomic mass is 9.80. The Morgan fingerprint density at radius 1 is 1.10 bits per heavy atom. The average molecular weight is 422 g/mol. The highest BCUT2D eigenvalue weighted by molar-refractivity contribution is 5.94. The molecule has 0 unspecified atom stereocenters. The van der Waals surface area contributed by atoms with Gasteiger partial charge in [-0.05, 0) is 50.1 Å². The third-order valence-corrected chi connectivity index (χ3v) is 6.40. The van der Waals surface area contributed by atoms with Crippen LogP contribution in [0.4, 0.5) is 0 Å². The first-order valence-electron chi connectivity index (χ1n) is 11.0. The second-order valence-corrected chi connectivity index (χ2v) is 8.79. The van der Waals surface area contributed by atoms with Gasteiger partial charge in [0.2, 0.25) is 5.91 Å². The molecule has 31 heavy (non-hydrogen) atoms. The average Bonchev–Trinajstić information content (AvgIpc) is 2.76. The van der Waals surface area contributed by atoms with E-state index in [9.17, 15) is 9.59 Å². The van der Waals surface area contributed by atoms with Crippen molar-refractivity contribution in [1.29, 1.82) is 0 Å². The lowest BCUT2D eigenvalue weighted by molar-refractivity contribution is -0.118. The SMILES string of the molecule is CC(=O)NCCc1ccc(C(=O)N[C@@H]2CC3(CCN(C)CC3)Oc3ccccc32)cc1. The van der Waals surface area contributed by atoms with Crippen LogP contribution in [0.15, 0.2) is 48.5 Å². The van der Waals surface area contributed by atoms with E-state index in [0.29, 0.717) is 12.1 Å². The zero-order valence-electron chi connectivity index (χ0n) is 18.3. The first kappa shape index (κ1) is 21.4. The zero-order chi connectivity index (χ0) is 21.8. The van der Waals surface area contributed by atoms with Gasteiger partial charge in [0.25, 0.3) is 5.91 Å². The number of hydrogen-bond acceptors (Lipinski definition) is 4. The Kier molecular flexibility index (Phi) is 6.28. The molecule has 164 valence electrons. The summed E-state index contributed by atoms with van der Waals surface area (Å²) in [6.45, 7) is 4.11. The van der Waals surface area contributed by atoms with Gasteiger partial charge in [-0.2, -0.15) is 0 Å². The van der Waals surface area contributed by atoms with Gasteiger partial charge in [-0.25, -0.2) is 0 Å². The van der Waals surface area contributed by atoms with Gasteiger partial charge in [0.05, 0.1) is 6.04 Å². The van der Waals surface area contributed by atoms with E-state index in [-0.39, 0.29) is 23.5 Å². The van der Waals surface area contributed by atoms with Crippen LogP contribution in [0.25, 0.3) is 0 Å². The Hall–Kier alpha value is -2.86. The van der Waals surface area contributed by atoms with Crippen LogP contribution in [-0.4, -0.2) is 49.0 Å². The number of ether oxygens (including phenoxy) is 1. The van der Waals surface area contributed by atoms with E-state index in [0.717, 1.165) is 55.6 Å². The fourth-order valence-corrected chi connectivity index (χ4v) is 4.53. The molecule has 1 spiro atoms. The summed E-state index contributed by atoms with van der Waals surface area (Å²) in [5.41, 5.74) is 2.57. The molecule has 2 aliphatic rings. The molecular weight excluding hydrogens is 390 g/mol. The maximum absolute atomic E-state index is 13.0. The molecule has 0 aromatic heterocycles. The van der Waals surface area contributed by atoms with E-state index in [2.05, 4.69) is 22.6 Å². The zero-order valence-corrected chi connectivity index (χ0v) is 18.3. The topological polar surface area (TPSA) is 70.7 Å². The Labute approximate surface area is 184 Å². The molecular formula is C25H31N3O3. The second-order valence-electron chi connectivity index (χ2n) is 8.79. The van der Waals surface area contributed by atoms with Crippen molar-refractivity contribution >= 4 is 11.8 Å².